The Bertz CT molecular complexity index is 370. The van der Waals surface area contributed by atoms with Gasteiger partial charge in [0, 0.05) is 26.1 Å². The molecule has 1 rings (SSSR count). The highest BCUT2D eigenvalue weighted by Crippen LogP contribution is 2.07. The molecule has 0 atom stereocenters. The lowest BCUT2D eigenvalue weighted by molar-refractivity contribution is 0.331. The van der Waals surface area contributed by atoms with E-state index < -0.39 is 0 Å². The van der Waals surface area contributed by atoms with Gasteiger partial charge in [0.2, 0.25) is 0 Å². The van der Waals surface area contributed by atoms with Crippen LogP contribution >= 0.6 is 0 Å². The molecule has 0 saturated carbocycles. The average Bonchev–Trinajstić information content (AvgIpc) is 2.34. The van der Waals surface area contributed by atoms with Crippen LogP contribution in [0.4, 0.5) is 5.82 Å². The van der Waals surface area contributed by atoms with Crippen LogP contribution in [0.1, 0.15) is 25.5 Å². The molecule has 0 unspecified atom stereocenters. The molecule has 0 aliphatic rings. The first-order valence-corrected chi connectivity index (χ1v) is 6.01. The molecule has 1 aromatic heterocycles. The molecule has 0 aliphatic carbocycles. The monoisotopic (exact) mass is 232 g/mol. The quantitative estimate of drug-likeness (QED) is 0.783. The highest BCUT2D eigenvalue weighted by molar-refractivity contribution is 5.35. The molecule has 0 spiro atoms. The summed E-state index contributed by atoms with van der Waals surface area (Å²) in [6.07, 6.45) is 1.65. The number of hydrogen-bond acceptors (Lipinski definition) is 4. The number of nitriles is 1. The van der Waals surface area contributed by atoms with Gasteiger partial charge in [-0.3, -0.25) is 4.90 Å². The Hall–Kier alpha value is -1.60. The first-order valence-electron chi connectivity index (χ1n) is 6.01. The lowest BCUT2D eigenvalue weighted by Gasteiger charge is -2.14. The molecule has 1 aromatic rings. The predicted molar refractivity (Wildman–Crippen MR) is 69.6 cm³/mol. The molecule has 0 amide bonds. The van der Waals surface area contributed by atoms with Gasteiger partial charge in [0.05, 0.1) is 11.8 Å². The lowest BCUT2D eigenvalue weighted by Crippen LogP contribution is -2.19. The number of nitrogens with zero attached hydrogens (tertiary/aromatic N) is 3. The van der Waals surface area contributed by atoms with Gasteiger partial charge in [-0.05, 0) is 25.6 Å². The van der Waals surface area contributed by atoms with E-state index in [-0.39, 0.29) is 0 Å². The molecule has 0 radical (unpaired) electrons. The van der Waals surface area contributed by atoms with Gasteiger partial charge in [0.1, 0.15) is 5.82 Å². The Morgan fingerprint density at radius 2 is 2.29 bits per heavy atom. The van der Waals surface area contributed by atoms with E-state index in [0.29, 0.717) is 6.42 Å². The van der Waals surface area contributed by atoms with Gasteiger partial charge in [-0.2, -0.15) is 5.26 Å². The summed E-state index contributed by atoms with van der Waals surface area (Å²) in [5.74, 6) is 0.929. The summed E-state index contributed by atoms with van der Waals surface area (Å²) >= 11 is 0. The van der Waals surface area contributed by atoms with Gasteiger partial charge in [0.15, 0.2) is 0 Å². The number of anilines is 1. The summed E-state index contributed by atoms with van der Waals surface area (Å²) < 4.78 is 0. The van der Waals surface area contributed by atoms with Crippen LogP contribution in [0.5, 0.6) is 0 Å². The molecular formula is C13H20N4. The molecule has 1 N–H and O–H groups in total. The van der Waals surface area contributed by atoms with Crippen LogP contribution in [0.15, 0.2) is 18.2 Å². The Balaban J connectivity index is 2.50. The van der Waals surface area contributed by atoms with Crippen LogP contribution in [0, 0.1) is 11.3 Å². The third-order valence-electron chi connectivity index (χ3n) is 2.40. The van der Waals surface area contributed by atoms with Gasteiger partial charge in [0.25, 0.3) is 0 Å². The zero-order chi connectivity index (χ0) is 12.5. The van der Waals surface area contributed by atoms with Gasteiger partial charge >= 0.3 is 0 Å². The van der Waals surface area contributed by atoms with Crippen LogP contribution in [-0.2, 0) is 6.54 Å². The van der Waals surface area contributed by atoms with Crippen LogP contribution in [0.2, 0.25) is 0 Å². The second kappa shape index (κ2) is 7.64. The highest BCUT2D eigenvalue weighted by atomic mass is 15.1. The molecular weight excluding hydrogens is 212 g/mol. The van der Waals surface area contributed by atoms with Crippen LogP contribution in [-0.4, -0.2) is 30.0 Å². The zero-order valence-electron chi connectivity index (χ0n) is 10.6. The van der Waals surface area contributed by atoms with Crippen LogP contribution < -0.4 is 5.32 Å². The molecule has 4 heteroatoms. The number of aromatic nitrogens is 1. The van der Waals surface area contributed by atoms with Crippen LogP contribution in [0.25, 0.3) is 0 Å². The standard InChI is InChI=1S/C13H20N4/c1-3-9-15-13-7-4-6-12(16-13)11-17(2)10-5-8-14/h4,6-7H,3,5,9-11H2,1-2H3,(H,15,16). The van der Waals surface area contributed by atoms with E-state index in [1.807, 2.05) is 25.2 Å². The second-order valence-electron chi connectivity index (χ2n) is 4.09. The van der Waals surface area contributed by atoms with E-state index in [1.165, 1.54) is 0 Å². The van der Waals surface area contributed by atoms with Crippen LogP contribution in [0.3, 0.4) is 0 Å². The SMILES string of the molecule is CCCNc1cccc(CN(C)CCC#N)n1. The molecule has 0 aromatic carbocycles. The minimum absolute atomic E-state index is 0.560. The Morgan fingerprint density at radius 3 is 3.00 bits per heavy atom. The molecule has 17 heavy (non-hydrogen) atoms. The summed E-state index contributed by atoms with van der Waals surface area (Å²) in [6, 6.07) is 8.16. The molecule has 0 fully saturated rings. The van der Waals surface area contributed by atoms with Gasteiger partial charge in [-0.1, -0.05) is 13.0 Å². The molecule has 0 bridgehead atoms. The Labute approximate surface area is 103 Å². The summed E-state index contributed by atoms with van der Waals surface area (Å²) in [4.78, 5) is 6.63. The van der Waals surface area contributed by atoms with Crippen molar-refractivity contribution in [3.63, 3.8) is 0 Å². The Kier molecular flexibility index (Phi) is 6.05. The number of hydrogen-bond donors (Lipinski definition) is 1. The predicted octanol–water partition coefficient (Wildman–Crippen LogP) is 2.25. The first-order chi connectivity index (χ1) is 8.26. The topological polar surface area (TPSA) is 52.0 Å². The van der Waals surface area contributed by atoms with Crippen molar-refractivity contribution in [1.82, 2.24) is 9.88 Å². The maximum Gasteiger partial charge on any atom is 0.126 e. The molecule has 92 valence electrons. The fraction of sp³-hybridized carbons (Fsp3) is 0.538. The average molecular weight is 232 g/mol. The van der Waals surface area contributed by atoms with Crippen molar-refractivity contribution >= 4 is 5.82 Å². The van der Waals surface area contributed by atoms with E-state index in [2.05, 4.69) is 28.2 Å². The van der Waals surface area contributed by atoms with E-state index in [1.54, 1.807) is 0 Å². The van der Waals surface area contributed by atoms with Crippen molar-refractivity contribution < 1.29 is 0 Å². The fourth-order valence-electron chi connectivity index (χ4n) is 1.52. The van der Waals surface area contributed by atoms with E-state index in [0.717, 1.165) is 37.6 Å². The smallest absolute Gasteiger partial charge is 0.126 e. The number of nitrogens with one attached hydrogen (secondary N) is 1. The van der Waals surface area contributed by atoms with Crippen molar-refractivity contribution in [3.8, 4) is 6.07 Å². The summed E-state index contributed by atoms with van der Waals surface area (Å²) in [5.41, 5.74) is 1.03. The van der Waals surface area contributed by atoms with Gasteiger partial charge in [-0.15, -0.1) is 0 Å². The highest BCUT2D eigenvalue weighted by Gasteiger charge is 2.02. The van der Waals surface area contributed by atoms with Crippen molar-refractivity contribution in [2.75, 3.05) is 25.5 Å². The van der Waals surface area contributed by atoms with Crippen molar-refractivity contribution in [2.45, 2.75) is 26.3 Å². The van der Waals surface area contributed by atoms with Gasteiger partial charge in [-0.25, -0.2) is 4.98 Å². The fourth-order valence-corrected chi connectivity index (χ4v) is 1.52. The summed E-state index contributed by atoms with van der Waals surface area (Å²) in [7, 11) is 2.01. The molecule has 0 aliphatic heterocycles. The third-order valence-corrected chi connectivity index (χ3v) is 2.40. The lowest BCUT2D eigenvalue weighted by atomic mass is 10.3. The van der Waals surface area contributed by atoms with Crippen molar-refractivity contribution in [3.05, 3.63) is 23.9 Å². The summed E-state index contributed by atoms with van der Waals surface area (Å²) in [6.45, 7) is 4.64. The first kappa shape index (κ1) is 13.5. The largest absolute Gasteiger partial charge is 0.370 e. The molecule has 4 nitrogen and oxygen atoms in total. The number of pyridine rings is 1. The number of rotatable bonds is 7. The minimum atomic E-state index is 0.560. The Morgan fingerprint density at radius 1 is 1.47 bits per heavy atom. The maximum atomic E-state index is 8.52. The van der Waals surface area contributed by atoms with Crippen molar-refractivity contribution in [1.29, 1.82) is 5.26 Å². The van der Waals surface area contributed by atoms with E-state index in [4.69, 9.17) is 5.26 Å². The molecule has 0 saturated heterocycles. The van der Waals surface area contributed by atoms with Crippen molar-refractivity contribution in [2.24, 2.45) is 0 Å². The van der Waals surface area contributed by atoms with E-state index >= 15 is 0 Å². The third kappa shape index (κ3) is 5.32. The maximum absolute atomic E-state index is 8.52. The zero-order valence-corrected chi connectivity index (χ0v) is 10.6. The van der Waals surface area contributed by atoms with Gasteiger partial charge < -0.3 is 5.32 Å². The minimum Gasteiger partial charge on any atom is -0.370 e. The summed E-state index contributed by atoms with van der Waals surface area (Å²) in [5, 5.41) is 11.8. The van der Waals surface area contributed by atoms with E-state index in [9.17, 15) is 0 Å². The second-order valence-corrected chi connectivity index (χ2v) is 4.09. The molecule has 1 heterocycles. The normalized spacial score (nSPS) is 10.2.